The number of nitrogens with one attached hydrogen (secondary N) is 1. The Morgan fingerprint density at radius 1 is 1.23 bits per heavy atom. The van der Waals surface area contributed by atoms with Crippen molar-refractivity contribution in [2.45, 2.75) is 26.7 Å². The van der Waals surface area contributed by atoms with Gasteiger partial charge in [0, 0.05) is 23.9 Å². The van der Waals surface area contributed by atoms with E-state index in [1.54, 1.807) is 4.90 Å². The number of anilines is 1. The van der Waals surface area contributed by atoms with E-state index in [1.165, 1.54) is 11.3 Å². The summed E-state index contributed by atoms with van der Waals surface area (Å²) in [5, 5.41) is 3.56. The molecular weight excluding hydrogens is 350 g/mol. The molecule has 3 rings (SSSR count). The zero-order valence-electron chi connectivity index (χ0n) is 15.0. The van der Waals surface area contributed by atoms with Crippen molar-refractivity contribution in [1.29, 1.82) is 0 Å². The summed E-state index contributed by atoms with van der Waals surface area (Å²) in [6, 6.07) is 9.29. The number of carbonyl (C=O) groups excluding carboxylic acids is 2. The first-order chi connectivity index (χ1) is 12.5. The number of hydrogen-bond acceptors (Lipinski definition) is 5. The number of nitrogens with zero attached hydrogens (tertiary/aromatic N) is 2. The lowest BCUT2D eigenvalue weighted by Gasteiger charge is -2.31. The van der Waals surface area contributed by atoms with Crippen molar-refractivity contribution < 1.29 is 14.3 Å². The number of piperidine rings is 1. The van der Waals surface area contributed by atoms with Gasteiger partial charge in [-0.25, -0.2) is 4.98 Å². The summed E-state index contributed by atoms with van der Waals surface area (Å²) in [6.07, 6.45) is 1.32. The van der Waals surface area contributed by atoms with Gasteiger partial charge in [0.25, 0.3) is 5.91 Å². The first kappa shape index (κ1) is 18.4. The van der Waals surface area contributed by atoms with Crippen molar-refractivity contribution in [3.8, 4) is 5.75 Å². The van der Waals surface area contributed by atoms with Gasteiger partial charge in [0.2, 0.25) is 5.91 Å². The standard InChI is InChI=1S/C19H23N3O3S/c1-13-14(2)26-19(20-13)21-18(24)15-8-10-22(11-9-15)17(23)12-25-16-6-4-3-5-7-16/h3-7,15H,8-12H2,1-2H3,(H,20,21,24). The van der Waals surface area contributed by atoms with Crippen molar-refractivity contribution in [2.75, 3.05) is 25.0 Å². The second kappa shape index (κ2) is 8.31. The fourth-order valence-electron chi connectivity index (χ4n) is 2.88. The van der Waals surface area contributed by atoms with E-state index in [0.29, 0.717) is 36.8 Å². The predicted molar refractivity (Wildman–Crippen MR) is 101 cm³/mol. The second-order valence-electron chi connectivity index (χ2n) is 6.41. The van der Waals surface area contributed by atoms with Crippen LogP contribution in [-0.4, -0.2) is 41.4 Å². The second-order valence-corrected chi connectivity index (χ2v) is 7.61. The molecule has 0 spiro atoms. The minimum Gasteiger partial charge on any atom is -0.484 e. The first-order valence-corrected chi connectivity index (χ1v) is 9.55. The Kier molecular flexibility index (Phi) is 5.88. The van der Waals surface area contributed by atoms with Crippen LogP contribution in [0.2, 0.25) is 0 Å². The number of ether oxygens (including phenoxy) is 1. The van der Waals surface area contributed by atoms with E-state index in [9.17, 15) is 9.59 Å². The van der Waals surface area contributed by atoms with Crippen LogP contribution in [0.15, 0.2) is 30.3 Å². The van der Waals surface area contributed by atoms with E-state index in [4.69, 9.17) is 4.74 Å². The number of likely N-dealkylation sites (tertiary alicyclic amines) is 1. The topological polar surface area (TPSA) is 71.5 Å². The van der Waals surface area contributed by atoms with Crippen LogP contribution < -0.4 is 10.1 Å². The van der Waals surface area contributed by atoms with E-state index in [0.717, 1.165) is 10.6 Å². The molecule has 0 bridgehead atoms. The third-order valence-electron chi connectivity index (χ3n) is 4.58. The zero-order valence-corrected chi connectivity index (χ0v) is 15.8. The largest absolute Gasteiger partial charge is 0.484 e. The molecule has 1 fully saturated rings. The fourth-order valence-corrected chi connectivity index (χ4v) is 3.70. The summed E-state index contributed by atoms with van der Waals surface area (Å²) in [6.45, 7) is 5.10. The van der Waals surface area contributed by atoms with Gasteiger partial charge in [-0.05, 0) is 38.8 Å². The lowest BCUT2D eigenvalue weighted by molar-refractivity contribution is -0.136. The normalized spacial score (nSPS) is 14.9. The van der Waals surface area contributed by atoms with E-state index < -0.39 is 0 Å². The molecule has 0 atom stereocenters. The van der Waals surface area contributed by atoms with Gasteiger partial charge in [0.15, 0.2) is 11.7 Å². The molecule has 7 heteroatoms. The lowest BCUT2D eigenvalue weighted by Crippen LogP contribution is -2.43. The molecule has 0 unspecified atom stereocenters. The van der Waals surface area contributed by atoms with E-state index >= 15 is 0 Å². The Labute approximate surface area is 157 Å². The van der Waals surface area contributed by atoms with Gasteiger partial charge in [0.05, 0.1) is 5.69 Å². The summed E-state index contributed by atoms with van der Waals surface area (Å²) in [4.78, 5) is 31.9. The SMILES string of the molecule is Cc1nc(NC(=O)C2CCN(C(=O)COc3ccccc3)CC2)sc1C. The average Bonchev–Trinajstić information content (AvgIpc) is 2.97. The number of carbonyl (C=O) groups is 2. The Hall–Kier alpha value is -2.41. The van der Waals surface area contributed by atoms with Gasteiger partial charge in [-0.15, -0.1) is 11.3 Å². The maximum atomic E-state index is 12.4. The molecule has 0 radical (unpaired) electrons. The summed E-state index contributed by atoms with van der Waals surface area (Å²) in [5.74, 6) is 0.549. The smallest absolute Gasteiger partial charge is 0.260 e. The Balaban J connectivity index is 1.44. The number of benzene rings is 1. The predicted octanol–water partition coefficient (Wildman–Crippen LogP) is 3.02. The van der Waals surface area contributed by atoms with E-state index in [2.05, 4.69) is 10.3 Å². The monoisotopic (exact) mass is 373 g/mol. The van der Waals surface area contributed by atoms with E-state index in [1.807, 2.05) is 44.2 Å². The van der Waals surface area contributed by atoms with Crippen LogP contribution >= 0.6 is 11.3 Å². The van der Waals surface area contributed by atoms with Crippen molar-refractivity contribution in [3.63, 3.8) is 0 Å². The number of hydrogen-bond donors (Lipinski definition) is 1. The molecule has 1 saturated heterocycles. The van der Waals surface area contributed by atoms with Gasteiger partial charge in [0.1, 0.15) is 5.75 Å². The number of aryl methyl sites for hydroxylation is 2. The average molecular weight is 373 g/mol. The summed E-state index contributed by atoms with van der Waals surface area (Å²) in [7, 11) is 0. The maximum Gasteiger partial charge on any atom is 0.260 e. The number of aromatic nitrogens is 1. The minimum atomic E-state index is -0.0846. The maximum absolute atomic E-state index is 12.4. The van der Waals surface area contributed by atoms with Crippen molar-refractivity contribution in [3.05, 3.63) is 40.9 Å². The molecule has 1 N–H and O–H groups in total. The van der Waals surface area contributed by atoms with Gasteiger partial charge in [-0.1, -0.05) is 18.2 Å². The van der Waals surface area contributed by atoms with Crippen molar-refractivity contribution in [1.82, 2.24) is 9.88 Å². The summed E-state index contributed by atoms with van der Waals surface area (Å²) >= 11 is 1.49. The molecule has 2 aromatic rings. The summed E-state index contributed by atoms with van der Waals surface area (Å²) < 4.78 is 5.51. The Morgan fingerprint density at radius 3 is 2.54 bits per heavy atom. The van der Waals surface area contributed by atoms with Crippen LogP contribution in [0.4, 0.5) is 5.13 Å². The van der Waals surface area contributed by atoms with E-state index in [-0.39, 0.29) is 24.3 Å². The zero-order chi connectivity index (χ0) is 18.5. The molecular formula is C19H23N3O3S. The third-order valence-corrected chi connectivity index (χ3v) is 5.57. The highest BCUT2D eigenvalue weighted by molar-refractivity contribution is 7.15. The quantitative estimate of drug-likeness (QED) is 0.874. The highest BCUT2D eigenvalue weighted by Crippen LogP contribution is 2.24. The molecule has 6 nitrogen and oxygen atoms in total. The lowest BCUT2D eigenvalue weighted by atomic mass is 9.96. The number of rotatable bonds is 5. The van der Waals surface area contributed by atoms with Gasteiger partial charge in [-0.2, -0.15) is 0 Å². The molecule has 2 amide bonds. The molecule has 1 aromatic heterocycles. The Bertz CT molecular complexity index is 748. The third kappa shape index (κ3) is 4.60. The molecule has 26 heavy (non-hydrogen) atoms. The molecule has 0 saturated carbocycles. The van der Waals surface area contributed by atoms with Gasteiger partial charge < -0.3 is 15.0 Å². The molecule has 0 aliphatic carbocycles. The highest BCUT2D eigenvalue weighted by Gasteiger charge is 2.28. The molecule has 1 aliphatic rings. The summed E-state index contributed by atoms with van der Waals surface area (Å²) in [5.41, 5.74) is 0.948. The molecule has 2 heterocycles. The number of thiazole rings is 1. The number of para-hydroxylation sites is 1. The van der Waals surface area contributed by atoms with Crippen molar-refractivity contribution >= 4 is 28.3 Å². The Morgan fingerprint density at radius 2 is 1.92 bits per heavy atom. The van der Waals surface area contributed by atoms with Crippen molar-refractivity contribution in [2.24, 2.45) is 5.92 Å². The molecule has 138 valence electrons. The highest BCUT2D eigenvalue weighted by atomic mass is 32.1. The minimum absolute atomic E-state index is 0.00798. The van der Waals surface area contributed by atoms with Crippen LogP contribution in [0.1, 0.15) is 23.4 Å². The first-order valence-electron chi connectivity index (χ1n) is 8.73. The van der Waals surface area contributed by atoms with Crippen LogP contribution in [0.25, 0.3) is 0 Å². The van der Waals surface area contributed by atoms with Crippen LogP contribution in [0, 0.1) is 19.8 Å². The van der Waals surface area contributed by atoms with Crippen LogP contribution in [-0.2, 0) is 9.59 Å². The van der Waals surface area contributed by atoms with Crippen LogP contribution in [0.5, 0.6) is 5.75 Å². The molecule has 1 aromatic carbocycles. The fraction of sp³-hybridized carbons (Fsp3) is 0.421. The van der Waals surface area contributed by atoms with Gasteiger partial charge in [-0.3, -0.25) is 9.59 Å². The van der Waals surface area contributed by atoms with Crippen LogP contribution in [0.3, 0.4) is 0 Å². The molecule has 1 aliphatic heterocycles. The number of amides is 2. The van der Waals surface area contributed by atoms with Gasteiger partial charge >= 0.3 is 0 Å².